The molecule has 3 aliphatic rings. The molecule has 132 valence electrons. The molecule has 25 heavy (non-hydrogen) atoms. The molecule has 1 aromatic carbocycles. The zero-order chi connectivity index (χ0) is 17.6. The normalized spacial score (nSPS) is 29.3. The third-order valence-electron chi connectivity index (χ3n) is 5.85. The first-order chi connectivity index (χ1) is 12.0. The topological polar surface area (TPSA) is 78.5 Å². The fourth-order valence-electron chi connectivity index (χ4n) is 4.43. The second kappa shape index (κ2) is 5.86. The van der Waals surface area contributed by atoms with E-state index in [2.05, 4.69) is 10.6 Å². The number of benzene rings is 1. The molecule has 6 heteroatoms. The maximum Gasteiger partial charge on any atom is 0.253 e. The average Bonchev–Trinajstić information content (AvgIpc) is 3.21. The van der Waals surface area contributed by atoms with Crippen molar-refractivity contribution in [3.63, 3.8) is 0 Å². The summed E-state index contributed by atoms with van der Waals surface area (Å²) < 4.78 is 0. The lowest BCUT2D eigenvalue weighted by atomic mass is 9.86. The van der Waals surface area contributed by atoms with E-state index in [-0.39, 0.29) is 23.6 Å². The van der Waals surface area contributed by atoms with Crippen molar-refractivity contribution in [1.82, 2.24) is 10.2 Å². The molecule has 2 atom stereocenters. The maximum atomic E-state index is 12.8. The highest BCUT2D eigenvalue weighted by Crippen LogP contribution is 2.35. The Morgan fingerprint density at radius 3 is 2.68 bits per heavy atom. The number of carbonyl (C=O) groups is 3. The number of para-hydroxylation sites is 1. The van der Waals surface area contributed by atoms with Crippen molar-refractivity contribution in [2.75, 3.05) is 18.4 Å². The third-order valence-corrected chi connectivity index (χ3v) is 5.85. The van der Waals surface area contributed by atoms with Crippen molar-refractivity contribution in [2.45, 2.75) is 38.1 Å². The number of rotatable bonds is 1. The van der Waals surface area contributed by atoms with Crippen LogP contribution in [0.3, 0.4) is 0 Å². The van der Waals surface area contributed by atoms with Gasteiger partial charge < -0.3 is 15.5 Å². The van der Waals surface area contributed by atoms with Crippen molar-refractivity contribution in [3.8, 4) is 0 Å². The first-order valence-corrected chi connectivity index (χ1v) is 8.99. The zero-order valence-electron chi connectivity index (χ0n) is 14.4. The average molecular weight is 341 g/mol. The molecule has 0 unspecified atom stereocenters. The summed E-state index contributed by atoms with van der Waals surface area (Å²) in [5, 5.41) is 5.91. The Labute approximate surface area is 147 Å². The van der Waals surface area contributed by atoms with Gasteiger partial charge in [-0.2, -0.15) is 0 Å². The number of nitrogens with zero attached hydrogens (tertiary/aromatic N) is 1. The Morgan fingerprint density at radius 1 is 1.20 bits per heavy atom. The Kier molecular flexibility index (Phi) is 3.78. The highest BCUT2D eigenvalue weighted by molar-refractivity contribution is 6.07. The minimum atomic E-state index is -0.747. The van der Waals surface area contributed by atoms with Crippen LogP contribution >= 0.6 is 0 Å². The third kappa shape index (κ3) is 2.69. The molecule has 2 N–H and O–H groups in total. The minimum absolute atomic E-state index is 0.0732. The quantitative estimate of drug-likeness (QED) is 0.817. The van der Waals surface area contributed by atoms with Crippen LogP contribution in [0.25, 0.3) is 0 Å². The molecule has 1 saturated carbocycles. The van der Waals surface area contributed by atoms with E-state index in [0.29, 0.717) is 24.3 Å². The monoisotopic (exact) mass is 341 g/mol. The summed E-state index contributed by atoms with van der Waals surface area (Å²) in [5.41, 5.74) is 0.229. The van der Waals surface area contributed by atoms with E-state index in [4.69, 9.17) is 0 Å². The van der Waals surface area contributed by atoms with Crippen molar-refractivity contribution in [1.29, 1.82) is 0 Å². The molecule has 0 radical (unpaired) electrons. The minimum Gasteiger partial charge on any atom is -0.344 e. The maximum absolute atomic E-state index is 12.8. The van der Waals surface area contributed by atoms with Gasteiger partial charge >= 0.3 is 0 Å². The zero-order valence-corrected chi connectivity index (χ0v) is 14.4. The van der Waals surface area contributed by atoms with Crippen molar-refractivity contribution in [3.05, 3.63) is 29.8 Å². The van der Waals surface area contributed by atoms with E-state index in [1.807, 2.05) is 6.92 Å². The van der Waals surface area contributed by atoms with Gasteiger partial charge in [0.2, 0.25) is 11.8 Å². The van der Waals surface area contributed by atoms with Crippen LogP contribution in [-0.2, 0) is 9.59 Å². The Balaban J connectivity index is 1.62. The summed E-state index contributed by atoms with van der Waals surface area (Å²) in [6.07, 6.45) is 4.05. The molecule has 1 saturated heterocycles. The van der Waals surface area contributed by atoms with Crippen molar-refractivity contribution >= 4 is 23.4 Å². The lowest BCUT2D eigenvalue weighted by Gasteiger charge is -2.33. The van der Waals surface area contributed by atoms with Crippen molar-refractivity contribution in [2.24, 2.45) is 11.8 Å². The predicted molar refractivity (Wildman–Crippen MR) is 93.0 cm³/mol. The van der Waals surface area contributed by atoms with Crippen LogP contribution in [0.15, 0.2) is 24.3 Å². The van der Waals surface area contributed by atoms with E-state index < -0.39 is 11.5 Å². The Bertz CT molecular complexity index is 741. The van der Waals surface area contributed by atoms with Crippen LogP contribution in [-0.4, -0.2) is 41.2 Å². The fraction of sp³-hybridized carbons (Fsp3) is 0.526. The molecule has 0 bridgehead atoms. The molecular formula is C19H23N3O3. The number of hydrogen-bond donors (Lipinski definition) is 2. The van der Waals surface area contributed by atoms with Crippen molar-refractivity contribution < 1.29 is 14.4 Å². The summed E-state index contributed by atoms with van der Waals surface area (Å²) >= 11 is 0. The molecule has 1 aliphatic carbocycles. The van der Waals surface area contributed by atoms with Gasteiger partial charge in [-0.15, -0.1) is 0 Å². The molecule has 0 spiro atoms. The number of hydrogen-bond acceptors (Lipinski definition) is 3. The van der Waals surface area contributed by atoms with E-state index >= 15 is 0 Å². The largest absolute Gasteiger partial charge is 0.344 e. The highest BCUT2D eigenvalue weighted by Gasteiger charge is 2.51. The molecular weight excluding hydrogens is 318 g/mol. The van der Waals surface area contributed by atoms with Gasteiger partial charge in [0.15, 0.2) is 0 Å². The molecule has 0 aromatic heterocycles. The summed E-state index contributed by atoms with van der Waals surface area (Å²) in [4.78, 5) is 40.1. The van der Waals surface area contributed by atoms with Crippen LogP contribution in [0, 0.1) is 11.8 Å². The van der Waals surface area contributed by atoms with Gasteiger partial charge in [0.25, 0.3) is 5.91 Å². The van der Waals surface area contributed by atoms with Gasteiger partial charge in [-0.1, -0.05) is 25.0 Å². The van der Waals surface area contributed by atoms with E-state index in [1.165, 1.54) is 0 Å². The van der Waals surface area contributed by atoms with Crippen LogP contribution < -0.4 is 10.6 Å². The lowest BCUT2D eigenvalue weighted by Crippen LogP contribution is -2.56. The van der Waals surface area contributed by atoms with Gasteiger partial charge in [-0.25, -0.2) is 0 Å². The van der Waals surface area contributed by atoms with Crippen LogP contribution in [0.2, 0.25) is 0 Å². The van der Waals surface area contributed by atoms with Gasteiger partial charge in [-0.3, -0.25) is 14.4 Å². The van der Waals surface area contributed by atoms with Crippen LogP contribution in [0.5, 0.6) is 0 Å². The van der Waals surface area contributed by atoms with Gasteiger partial charge in [-0.05, 0) is 31.9 Å². The fourth-order valence-corrected chi connectivity index (χ4v) is 4.43. The second-order valence-corrected chi connectivity index (χ2v) is 7.66. The van der Waals surface area contributed by atoms with Crippen LogP contribution in [0.4, 0.5) is 5.69 Å². The number of amides is 3. The number of likely N-dealkylation sites (tertiary alicyclic amines) is 1. The smallest absolute Gasteiger partial charge is 0.253 e. The first-order valence-electron chi connectivity index (χ1n) is 8.99. The SMILES string of the molecule is C[C@]12CN(C(=O)C3CCCC3)C[C@H]1C(=O)Nc1ccccc1C(=O)N2. The molecule has 2 aliphatic heterocycles. The summed E-state index contributed by atoms with van der Waals surface area (Å²) in [7, 11) is 0. The number of carbonyl (C=O) groups excluding carboxylic acids is 3. The standard InChI is InChI=1S/C19H23N3O3/c1-19-11-22(18(25)12-6-2-3-7-12)10-14(19)17(24)20-15-9-5-4-8-13(15)16(23)21-19/h4-5,8-9,12,14H,2-3,6-7,10-11H2,1H3,(H,20,24)(H,21,23)/t14-,19-/m0/s1. The van der Waals surface area contributed by atoms with Gasteiger partial charge in [0.1, 0.15) is 0 Å². The molecule has 2 heterocycles. The highest BCUT2D eigenvalue weighted by atomic mass is 16.2. The first kappa shape index (κ1) is 16.1. The van der Waals surface area contributed by atoms with Gasteiger partial charge in [0, 0.05) is 19.0 Å². The predicted octanol–water partition coefficient (Wildman–Crippen LogP) is 1.78. The number of fused-ring (bicyclic) bond motifs is 2. The number of nitrogens with one attached hydrogen (secondary N) is 2. The summed E-state index contributed by atoms with van der Waals surface area (Å²) in [6, 6.07) is 6.99. The molecule has 2 fully saturated rings. The molecule has 3 amide bonds. The molecule has 6 nitrogen and oxygen atoms in total. The Morgan fingerprint density at radius 2 is 1.92 bits per heavy atom. The van der Waals surface area contributed by atoms with E-state index in [0.717, 1.165) is 25.7 Å². The van der Waals surface area contributed by atoms with Crippen LogP contribution in [0.1, 0.15) is 43.0 Å². The Hall–Kier alpha value is -2.37. The molecule has 4 rings (SSSR count). The molecule has 1 aromatic rings. The van der Waals surface area contributed by atoms with Gasteiger partial charge in [0.05, 0.1) is 22.7 Å². The second-order valence-electron chi connectivity index (χ2n) is 7.66. The lowest BCUT2D eigenvalue weighted by molar-refractivity contribution is -0.134. The van der Waals surface area contributed by atoms with E-state index in [1.54, 1.807) is 29.2 Å². The number of anilines is 1. The van der Waals surface area contributed by atoms with E-state index in [9.17, 15) is 14.4 Å². The summed E-state index contributed by atoms with van der Waals surface area (Å²) in [6.45, 7) is 2.61. The summed E-state index contributed by atoms with van der Waals surface area (Å²) in [5.74, 6) is -0.598.